The van der Waals surface area contributed by atoms with E-state index in [1.165, 1.54) is 57.7 Å². The third-order valence-electron chi connectivity index (χ3n) is 4.47. The Labute approximate surface area is 111 Å². The van der Waals surface area contributed by atoms with Gasteiger partial charge in [-0.05, 0) is 50.7 Å². The molecule has 0 aromatic carbocycles. The highest BCUT2D eigenvalue weighted by molar-refractivity contribution is 7.99. The first kappa shape index (κ1) is 13.7. The average molecular weight is 256 g/mol. The standard InChI is InChI=1S/C14H28N2S/c1-12-5-8-16(11-13(12)2)9-10-17-14-3-6-15-7-4-14/h12-15H,3-11H2,1-2H3. The number of thioether (sulfide) groups is 1. The van der Waals surface area contributed by atoms with E-state index in [1.54, 1.807) is 0 Å². The molecule has 2 aliphatic heterocycles. The summed E-state index contributed by atoms with van der Waals surface area (Å²) in [5.74, 6) is 3.17. The number of hydrogen-bond acceptors (Lipinski definition) is 3. The minimum atomic E-state index is 0.896. The molecule has 0 aromatic rings. The summed E-state index contributed by atoms with van der Waals surface area (Å²) >= 11 is 2.21. The van der Waals surface area contributed by atoms with Crippen LogP contribution in [0.5, 0.6) is 0 Å². The fraction of sp³-hybridized carbons (Fsp3) is 1.00. The molecule has 100 valence electrons. The van der Waals surface area contributed by atoms with Gasteiger partial charge in [0.1, 0.15) is 0 Å². The third kappa shape index (κ3) is 4.46. The molecule has 1 N–H and O–H groups in total. The quantitative estimate of drug-likeness (QED) is 0.832. The van der Waals surface area contributed by atoms with Gasteiger partial charge in [-0.3, -0.25) is 0 Å². The number of nitrogens with one attached hydrogen (secondary N) is 1. The van der Waals surface area contributed by atoms with E-state index in [0.29, 0.717) is 0 Å². The van der Waals surface area contributed by atoms with Gasteiger partial charge in [0.05, 0.1) is 0 Å². The number of hydrogen-bond donors (Lipinski definition) is 1. The highest BCUT2D eigenvalue weighted by atomic mass is 32.2. The van der Waals surface area contributed by atoms with Crippen molar-refractivity contribution in [1.29, 1.82) is 0 Å². The number of nitrogens with zero attached hydrogens (tertiary/aromatic N) is 1. The van der Waals surface area contributed by atoms with Gasteiger partial charge in [0.2, 0.25) is 0 Å². The molecular weight excluding hydrogens is 228 g/mol. The molecule has 0 bridgehead atoms. The Hall–Kier alpha value is 0.270. The van der Waals surface area contributed by atoms with Crippen LogP contribution in [-0.4, -0.2) is 48.6 Å². The van der Waals surface area contributed by atoms with Gasteiger partial charge in [0.15, 0.2) is 0 Å². The lowest BCUT2D eigenvalue weighted by molar-refractivity contribution is 0.146. The molecule has 2 atom stereocenters. The van der Waals surface area contributed by atoms with Crippen LogP contribution >= 0.6 is 11.8 Å². The van der Waals surface area contributed by atoms with Crippen LogP contribution < -0.4 is 5.32 Å². The van der Waals surface area contributed by atoms with Crippen molar-refractivity contribution < 1.29 is 0 Å². The Bertz CT molecular complexity index is 216. The molecule has 0 spiro atoms. The van der Waals surface area contributed by atoms with Gasteiger partial charge in [-0.25, -0.2) is 0 Å². The molecule has 3 heteroatoms. The molecule has 2 saturated heterocycles. The zero-order chi connectivity index (χ0) is 12.1. The van der Waals surface area contributed by atoms with Crippen LogP contribution in [0.25, 0.3) is 0 Å². The van der Waals surface area contributed by atoms with Crippen LogP contribution in [0.1, 0.15) is 33.1 Å². The summed E-state index contributed by atoms with van der Waals surface area (Å²) in [4.78, 5) is 2.68. The summed E-state index contributed by atoms with van der Waals surface area (Å²) in [5.41, 5.74) is 0. The van der Waals surface area contributed by atoms with E-state index < -0.39 is 0 Å². The van der Waals surface area contributed by atoms with Crippen LogP contribution in [0.15, 0.2) is 0 Å². The fourth-order valence-electron chi connectivity index (χ4n) is 2.86. The molecule has 2 aliphatic rings. The highest BCUT2D eigenvalue weighted by Crippen LogP contribution is 2.24. The Morgan fingerprint density at radius 3 is 2.59 bits per heavy atom. The molecule has 2 fully saturated rings. The van der Waals surface area contributed by atoms with Crippen LogP contribution in [-0.2, 0) is 0 Å². The van der Waals surface area contributed by atoms with Crippen molar-refractivity contribution in [3.8, 4) is 0 Å². The topological polar surface area (TPSA) is 15.3 Å². The summed E-state index contributed by atoms with van der Waals surface area (Å²) in [7, 11) is 0. The van der Waals surface area contributed by atoms with Crippen molar-refractivity contribution >= 4 is 11.8 Å². The Morgan fingerprint density at radius 2 is 1.88 bits per heavy atom. The van der Waals surface area contributed by atoms with Crippen molar-refractivity contribution in [2.24, 2.45) is 11.8 Å². The van der Waals surface area contributed by atoms with E-state index in [-0.39, 0.29) is 0 Å². The maximum Gasteiger partial charge on any atom is 0.00726 e. The smallest absolute Gasteiger partial charge is 0.00726 e. The molecule has 0 aromatic heterocycles. The first-order chi connectivity index (χ1) is 8.25. The molecule has 0 saturated carbocycles. The average Bonchev–Trinajstić information content (AvgIpc) is 2.35. The van der Waals surface area contributed by atoms with Crippen LogP contribution in [0.4, 0.5) is 0 Å². The van der Waals surface area contributed by atoms with Crippen molar-refractivity contribution in [2.45, 2.75) is 38.4 Å². The van der Waals surface area contributed by atoms with Crippen LogP contribution in [0, 0.1) is 11.8 Å². The van der Waals surface area contributed by atoms with Gasteiger partial charge in [0, 0.05) is 24.1 Å². The van der Waals surface area contributed by atoms with Crippen molar-refractivity contribution in [3.05, 3.63) is 0 Å². The van der Waals surface area contributed by atoms with E-state index in [4.69, 9.17) is 0 Å². The lowest BCUT2D eigenvalue weighted by atomic mass is 9.89. The van der Waals surface area contributed by atoms with Gasteiger partial charge in [-0.2, -0.15) is 11.8 Å². The zero-order valence-corrected chi connectivity index (χ0v) is 12.3. The first-order valence-corrected chi connectivity index (χ1v) is 8.35. The molecule has 2 nitrogen and oxygen atoms in total. The van der Waals surface area contributed by atoms with E-state index in [9.17, 15) is 0 Å². The van der Waals surface area contributed by atoms with Crippen molar-refractivity contribution in [2.75, 3.05) is 38.5 Å². The second-order valence-corrected chi connectivity index (χ2v) is 7.27. The van der Waals surface area contributed by atoms with Gasteiger partial charge in [-0.1, -0.05) is 13.8 Å². The third-order valence-corrected chi connectivity index (χ3v) is 5.83. The van der Waals surface area contributed by atoms with Gasteiger partial charge >= 0.3 is 0 Å². The monoisotopic (exact) mass is 256 g/mol. The maximum atomic E-state index is 3.44. The van der Waals surface area contributed by atoms with Gasteiger partial charge in [-0.15, -0.1) is 0 Å². The van der Waals surface area contributed by atoms with Crippen molar-refractivity contribution in [1.82, 2.24) is 10.2 Å². The van der Waals surface area contributed by atoms with Crippen LogP contribution in [0.3, 0.4) is 0 Å². The first-order valence-electron chi connectivity index (χ1n) is 7.30. The van der Waals surface area contributed by atoms with E-state index in [2.05, 4.69) is 35.8 Å². The van der Waals surface area contributed by atoms with E-state index >= 15 is 0 Å². The predicted octanol–water partition coefficient (Wildman–Crippen LogP) is 2.45. The number of piperidine rings is 2. The summed E-state index contributed by atoms with van der Waals surface area (Å²) in [5, 5.41) is 4.37. The van der Waals surface area contributed by atoms with Crippen molar-refractivity contribution in [3.63, 3.8) is 0 Å². The fourth-order valence-corrected chi connectivity index (χ4v) is 4.13. The normalized spacial score (nSPS) is 32.8. The summed E-state index contributed by atoms with van der Waals surface area (Å²) in [6, 6.07) is 0. The SMILES string of the molecule is CC1CCN(CCSC2CCNCC2)CC1C. The maximum absolute atomic E-state index is 3.44. The number of rotatable bonds is 4. The molecule has 17 heavy (non-hydrogen) atoms. The molecule has 0 amide bonds. The molecule has 2 unspecified atom stereocenters. The minimum Gasteiger partial charge on any atom is -0.317 e. The molecule has 0 aliphatic carbocycles. The lowest BCUT2D eigenvalue weighted by Gasteiger charge is -2.35. The minimum absolute atomic E-state index is 0.896. The Morgan fingerprint density at radius 1 is 1.12 bits per heavy atom. The summed E-state index contributed by atoms with van der Waals surface area (Å²) in [6.45, 7) is 11.3. The zero-order valence-electron chi connectivity index (χ0n) is 11.5. The van der Waals surface area contributed by atoms with Gasteiger partial charge < -0.3 is 10.2 Å². The summed E-state index contributed by atoms with van der Waals surface area (Å²) < 4.78 is 0. The number of likely N-dealkylation sites (tertiary alicyclic amines) is 1. The van der Waals surface area contributed by atoms with E-state index in [0.717, 1.165) is 17.1 Å². The Kier molecular flexibility index (Phi) is 5.64. The molecule has 2 heterocycles. The summed E-state index contributed by atoms with van der Waals surface area (Å²) in [6.07, 6.45) is 4.15. The molecule has 2 rings (SSSR count). The second-order valence-electron chi connectivity index (χ2n) is 5.86. The highest BCUT2D eigenvalue weighted by Gasteiger charge is 2.22. The molecule has 0 radical (unpaired) electrons. The van der Waals surface area contributed by atoms with Gasteiger partial charge in [0.25, 0.3) is 0 Å². The largest absolute Gasteiger partial charge is 0.317 e. The second kappa shape index (κ2) is 7.01. The van der Waals surface area contributed by atoms with Crippen LogP contribution in [0.2, 0.25) is 0 Å². The Balaban J connectivity index is 1.58. The van der Waals surface area contributed by atoms with E-state index in [1.807, 2.05) is 0 Å². The lowest BCUT2D eigenvalue weighted by Crippen LogP contribution is -2.39. The molecular formula is C14H28N2S. The predicted molar refractivity (Wildman–Crippen MR) is 77.7 cm³/mol.